The summed E-state index contributed by atoms with van der Waals surface area (Å²) in [6.45, 7) is 9.52. The Labute approximate surface area is 198 Å². The normalized spacial score (nSPS) is 13.4. The molecule has 1 unspecified atom stereocenters. The van der Waals surface area contributed by atoms with Gasteiger partial charge in [0.2, 0.25) is 0 Å². The zero-order valence-electron chi connectivity index (χ0n) is 20.0. The Morgan fingerprint density at radius 2 is 1.79 bits per heavy atom. The van der Waals surface area contributed by atoms with Crippen LogP contribution in [0.2, 0.25) is 18.1 Å². The molecule has 0 aliphatic heterocycles. The number of para-hydroxylation sites is 1. The highest BCUT2D eigenvalue weighted by molar-refractivity contribution is 6.74. The molecule has 0 saturated heterocycles. The molecule has 2 aromatic rings. The van der Waals surface area contributed by atoms with E-state index in [0.717, 1.165) is 0 Å². The number of carboxylic acids is 1. The third-order valence-electron chi connectivity index (χ3n) is 5.58. The summed E-state index contributed by atoms with van der Waals surface area (Å²) in [6.07, 6.45) is -4.97. The summed E-state index contributed by atoms with van der Waals surface area (Å²) >= 11 is 0. The number of aliphatic carboxylic acids is 1. The molecule has 1 aromatic heterocycles. The molecule has 7 nitrogen and oxygen atoms in total. The number of carboxylic acid groups (broad SMARTS) is 1. The molecule has 0 spiro atoms. The molecule has 1 atom stereocenters. The van der Waals surface area contributed by atoms with Crippen molar-refractivity contribution in [2.24, 2.45) is 0 Å². The number of aromatic nitrogens is 2. The predicted octanol–water partition coefficient (Wildman–Crippen LogP) is 5.40. The summed E-state index contributed by atoms with van der Waals surface area (Å²) in [4.78, 5) is 19.8. The molecule has 1 heterocycles. The number of carbonyl (C=O) groups is 1. The van der Waals surface area contributed by atoms with Crippen LogP contribution in [-0.4, -0.2) is 48.2 Å². The van der Waals surface area contributed by atoms with E-state index in [4.69, 9.17) is 13.9 Å². The second-order valence-electron chi connectivity index (χ2n) is 9.35. The van der Waals surface area contributed by atoms with Crippen molar-refractivity contribution in [3.05, 3.63) is 47.8 Å². The number of alkyl halides is 3. The molecular weight excluding hydrogens is 469 g/mol. The van der Waals surface area contributed by atoms with Crippen LogP contribution in [0.3, 0.4) is 0 Å². The number of hydrogen-bond acceptors (Lipinski definition) is 6. The zero-order valence-corrected chi connectivity index (χ0v) is 21.0. The molecular formula is C23H31F3N2O5Si. The lowest BCUT2D eigenvalue weighted by atomic mass is 10.1. The molecule has 0 radical (unpaired) electrons. The van der Waals surface area contributed by atoms with Gasteiger partial charge < -0.3 is 19.0 Å². The fraction of sp³-hybridized carbons (Fsp3) is 0.522. The van der Waals surface area contributed by atoms with Crippen molar-refractivity contribution < 1.29 is 37.0 Å². The molecule has 1 N–H and O–H groups in total. The molecule has 0 saturated carbocycles. The van der Waals surface area contributed by atoms with Gasteiger partial charge in [0.1, 0.15) is 25.1 Å². The maximum absolute atomic E-state index is 12.3. The Balaban J connectivity index is 2.08. The molecule has 0 bridgehead atoms. The SMILES string of the molecule is CC(C)(C)[Si](C)(C)OC(Cc1ccccc1OCc1ccnc(OCCC(F)(F)F)n1)C(=O)O. The second-order valence-corrected chi connectivity index (χ2v) is 14.1. The monoisotopic (exact) mass is 500 g/mol. The van der Waals surface area contributed by atoms with Crippen molar-refractivity contribution in [2.75, 3.05) is 6.61 Å². The number of benzene rings is 1. The van der Waals surface area contributed by atoms with E-state index in [2.05, 4.69) is 9.97 Å². The summed E-state index contributed by atoms with van der Waals surface area (Å²) in [5.74, 6) is -0.582. The van der Waals surface area contributed by atoms with Crippen LogP contribution in [0.5, 0.6) is 11.8 Å². The number of halogens is 3. The van der Waals surface area contributed by atoms with Crippen LogP contribution < -0.4 is 9.47 Å². The maximum atomic E-state index is 12.3. The molecule has 0 fully saturated rings. The number of hydrogen-bond donors (Lipinski definition) is 1. The van der Waals surface area contributed by atoms with Gasteiger partial charge in [-0.05, 0) is 35.8 Å². The number of nitrogens with zero attached hydrogens (tertiary/aromatic N) is 2. The highest BCUT2D eigenvalue weighted by Gasteiger charge is 2.41. The minimum absolute atomic E-state index is 0.00397. The summed E-state index contributed by atoms with van der Waals surface area (Å²) in [5, 5.41) is 9.62. The van der Waals surface area contributed by atoms with E-state index in [9.17, 15) is 23.1 Å². The fourth-order valence-corrected chi connectivity index (χ4v) is 3.91. The minimum atomic E-state index is -4.33. The fourth-order valence-electron chi connectivity index (χ4n) is 2.66. The standard InChI is InChI=1S/C23H31F3N2O5Si/c1-22(2,3)34(4,5)33-19(20(29)30)14-16-8-6-7-9-18(16)32-15-17-10-12-27-21(28-17)31-13-11-23(24,25)26/h6-10,12,19H,11,13-15H2,1-5H3,(H,29,30). The van der Waals surface area contributed by atoms with E-state index in [0.29, 0.717) is 17.0 Å². The van der Waals surface area contributed by atoms with E-state index in [1.54, 1.807) is 30.3 Å². The van der Waals surface area contributed by atoms with Crippen LogP contribution in [0.25, 0.3) is 0 Å². The minimum Gasteiger partial charge on any atom is -0.487 e. The highest BCUT2D eigenvalue weighted by Crippen LogP contribution is 2.38. The zero-order chi connectivity index (χ0) is 25.6. The number of ether oxygens (including phenoxy) is 2. The van der Waals surface area contributed by atoms with Crippen LogP contribution in [0.15, 0.2) is 36.5 Å². The summed E-state index contributed by atoms with van der Waals surface area (Å²) in [7, 11) is -2.33. The third-order valence-corrected chi connectivity index (χ3v) is 10.1. The first-order valence-corrected chi connectivity index (χ1v) is 13.7. The third kappa shape index (κ3) is 8.60. The van der Waals surface area contributed by atoms with E-state index in [-0.39, 0.29) is 24.1 Å². The lowest BCUT2D eigenvalue weighted by Gasteiger charge is -2.38. The van der Waals surface area contributed by atoms with Crippen molar-refractivity contribution in [1.82, 2.24) is 9.97 Å². The van der Waals surface area contributed by atoms with Gasteiger partial charge in [0.25, 0.3) is 0 Å². The van der Waals surface area contributed by atoms with Crippen LogP contribution in [-0.2, 0) is 22.2 Å². The molecule has 2 rings (SSSR count). The van der Waals surface area contributed by atoms with Gasteiger partial charge >= 0.3 is 18.2 Å². The Morgan fingerprint density at radius 1 is 1.12 bits per heavy atom. The molecule has 11 heteroatoms. The van der Waals surface area contributed by atoms with Crippen molar-refractivity contribution in [3.8, 4) is 11.8 Å². The maximum Gasteiger partial charge on any atom is 0.392 e. The van der Waals surface area contributed by atoms with Crippen LogP contribution in [0, 0.1) is 0 Å². The molecule has 0 aliphatic carbocycles. The Bertz CT molecular complexity index is 964. The van der Waals surface area contributed by atoms with E-state index in [1.165, 1.54) is 6.20 Å². The first-order valence-electron chi connectivity index (χ1n) is 10.8. The van der Waals surface area contributed by atoms with Gasteiger partial charge in [-0.1, -0.05) is 39.0 Å². The Morgan fingerprint density at radius 3 is 2.41 bits per heavy atom. The topological polar surface area (TPSA) is 90.8 Å². The average Bonchev–Trinajstić information content (AvgIpc) is 2.71. The molecule has 0 aliphatic rings. The van der Waals surface area contributed by atoms with Crippen LogP contribution in [0.4, 0.5) is 13.2 Å². The first-order chi connectivity index (χ1) is 15.7. The first kappa shape index (κ1) is 27.6. The van der Waals surface area contributed by atoms with Gasteiger partial charge in [0.05, 0.1) is 12.1 Å². The van der Waals surface area contributed by atoms with Crippen LogP contribution >= 0.6 is 0 Å². The average molecular weight is 501 g/mol. The molecule has 0 amide bonds. The van der Waals surface area contributed by atoms with Gasteiger partial charge in [-0.3, -0.25) is 0 Å². The summed E-state index contributed by atoms with van der Waals surface area (Å²) in [5.41, 5.74) is 1.06. The van der Waals surface area contributed by atoms with E-state index < -0.39 is 39.6 Å². The predicted molar refractivity (Wildman–Crippen MR) is 122 cm³/mol. The van der Waals surface area contributed by atoms with Gasteiger partial charge in [-0.15, -0.1) is 0 Å². The van der Waals surface area contributed by atoms with Crippen molar-refractivity contribution >= 4 is 14.3 Å². The van der Waals surface area contributed by atoms with E-state index >= 15 is 0 Å². The van der Waals surface area contributed by atoms with Crippen molar-refractivity contribution in [1.29, 1.82) is 0 Å². The second kappa shape index (κ2) is 11.2. The lowest BCUT2D eigenvalue weighted by molar-refractivity contribution is -0.145. The van der Waals surface area contributed by atoms with E-state index in [1.807, 2.05) is 33.9 Å². The summed E-state index contributed by atoms with van der Waals surface area (Å²) in [6, 6.07) is 8.40. The van der Waals surface area contributed by atoms with Crippen molar-refractivity contribution in [2.45, 2.75) is 70.6 Å². The molecule has 188 valence electrons. The highest BCUT2D eigenvalue weighted by atomic mass is 28.4. The summed E-state index contributed by atoms with van der Waals surface area (Å²) < 4.78 is 53.8. The quantitative estimate of drug-likeness (QED) is 0.413. The number of rotatable bonds is 11. The lowest BCUT2D eigenvalue weighted by Crippen LogP contribution is -2.46. The van der Waals surface area contributed by atoms with Gasteiger partial charge in [0.15, 0.2) is 8.32 Å². The smallest absolute Gasteiger partial charge is 0.392 e. The largest absolute Gasteiger partial charge is 0.487 e. The van der Waals surface area contributed by atoms with Gasteiger partial charge in [-0.25, -0.2) is 9.78 Å². The Hall–Kier alpha value is -2.66. The van der Waals surface area contributed by atoms with Gasteiger partial charge in [-0.2, -0.15) is 18.2 Å². The van der Waals surface area contributed by atoms with Crippen LogP contribution in [0.1, 0.15) is 38.4 Å². The molecule has 34 heavy (non-hydrogen) atoms. The Kier molecular flexibility index (Phi) is 9.06. The van der Waals surface area contributed by atoms with Gasteiger partial charge in [0, 0.05) is 12.6 Å². The van der Waals surface area contributed by atoms with Crippen molar-refractivity contribution in [3.63, 3.8) is 0 Å². The molecule has 1 aromatic carbocycles.